The maximum atomic E-state index is 13.9. The fourth-order valence-electron chi connectivity index (χ4n) is 7.78. The van der Waals surface area contributed by atoms with E-state index in [-0.39, 0.29) is 17.9 Å². The molecule has 3 aliphatic heterocycles. The molecule has 50 heavy (non-hydrogen) atoms. The van der Waals surface area contributed by atoms with Gasteiger partial charge in [-0.25, -0.2) is 14.8 Å². The topological polar surface area (TPSA) is 137 Å². The van der Waals surface area contributed by atoms with Crippen LogP contribution in [0.25, 0.3) is 44.4 Å². The van der Waals surface area contributed by atoms with Crippen LogP contribution < -0.4 is 10.6 Å². The summed E-state index contributed by atoms with van der Waals surface area (Å²) >= 11 is 0. The third kappa shape index (κ3) is 6.50. The van der Waals surface area contributed by atoms with Crippen LogP contribution in [0.1, 0.15) is 62.3 Å². The van der Waals surface area contributed by atoms with E-state index in [9.17, 15) is 9.59 Å². The Labute approximate surface area is 291 Å². The predicted octanol–water partition coefficient (Wildman–Crippen LogP) is 6.53. The van der Waals surface area contributed by atoms with Crippen molar-refractivity contribution in [2.45, 2.75) is 56.7 Å². The fourth-order valence-corrected chi connectivity index (χ4v) is 7.78. The maximum Gasteiger partial charge on any atom is 0.407 e. The van der Waals surface area contributed by atoms with E-state index in [4.69, 9.17) is 14.5 Å². The molecule has 0 spiro atoms. The van der Waals surface area contributed by atoms with E-state index >= 15 is 0 Å². The first-order valence-corrected chi connectivity index (χ1v) is 17.7. The van der Waals surface area contributed by atoms with Crippen LogP contribution >= 0.6 is 0 Å². The number of nitrogens with zero attached hydrogens (tertiary/aromatic N) is 3. The van der Waals surface area contributed by atoms with Gasteiger partial charge in [-0.15, -0.1) is 0 Å². The average molecular weight is 674 g/mol. The van der Waals surface area contributed by atoms with Gasteiger partial charge >= 0.3 is 6.09 Å². The molecule has 5 aromatic rings. The van der Waals surface area contributed by atoms with Crippen molar-refractivity contribution >= 4 is 22.8 Å². The number of hydrogen-bond donors (Lipinski definition) is 4. The summed E-state index contributed by atoms with van der Waals surface area (Å²) < 4.78 is 10.4. The molecule has 258 valence electrons. The second-order valence-electron chi connectivity index (χ2n) is 13.6. The molecule has 0 aliphatic carbocycles. The Bertz CT molecular complexity index is 1970. The molecule has 5 heterocycles. The lowest BCUT2D eigenvalue weighted by atomic mass is 9.90. The van der Waals surface area contributed by atoms with Gasteiger partial charge in [0.15, 0.2) is 0 Å². The number of likely N-dealkylation sites (tertiary alicyclic amines) is 1. The number of benzene rings is 3. The van der Waals surface area contributed by atoms with E-state index in [2.05, 4.69) is 86.2 Å². The number of carbonyl (C=O) groups is 2. The third-order valence-electron chi connectivity index (χ3n) is 10.6. The SMILES string of the molecule is COC(=O)NC(C(=O)N1CCCC1c1ncc(-c2ccc(-c3ccc4cc(-c5cnc(C6CCCN6)[nH]5)ccc4c3)cc2)[nH]1)C1CCOCC1. The lowest BCUT2D eigenvalue weighted by Crippen LogP contribution is -2.53. The van der Waals surface area contributed by atoms with Crippen LogP contribution in [0.5, 0.6) is 0 Å². The first-order chi connectivity index (χ1) is 24.5. The Hall–Kier alpha value is -5.00. The minimum Gasteiger partial charge on any atom is -0.453 e. The molecule has 4 N–H and O–H groups in total. The van der Waals surface area contributed by atoms with Gasteiger partial charge in [0, 0.05) is 25.3 Å². The van der Waals surface area contributed by atoms with E-state index in [1.54, 1.807) is 0 Å². The predicted molar refractivity (Wildman–Crippen MR) is 191 cm³/mol. The number of fused-ring (bicyclic) bond motifs is 1. The van der Waals surface area contributed by atoms with Crippen molar-refractivity contribution in [3.63, 3.8) is 0 Å². The Morgan fingerprint density at radius 1 is 0.820 bits per heavy atom. The summed E-state index contributed by atoms with van der Waals surface area (Å²) in [7, 11) is 1.32. The van der Waals surface area contributed by atoms with Crippen LogP contribution in [-0.4, -0.2) is 76.3 Å². The largest absolute Gasteiger partial charge is 0.453 e. The highest BCUT2D eigenvalue weighted by atomic mass is 16.5. The van der Waals surface area contributed by atoms with Gasteiger partial charge in [0.25, 0.3) is 0 Å². The molecule has 11 heteroatoms. The highest BCUT2D eigenvalue weighted by Gasteiger charge is 2.40. The molecule has 0 radical (unpaired) electrons. The summed E-state index contributed by atoms with van der Waals surface area (Å²) in [6.07, 6.45) is 8.60. The van der Waals surface area contributed by atoms with E-state index < -0.39 is 12.1 Å². The number of alkyl carbamates (subject to hydrolysis) is 1. The molecule has 11 nitrogen and oxygen atoms in total. The molecule has 2 amide bonds. The number of aromatic amines is 2. The van der Waals surface area contributed by atoms with Crippen LogP contribution in [0.15, 0.2) is 73.1 Å². The summed E-state index contributed by atoms with van der Waals surface area (Å²) in [6, 6.07) is 21.1. The van der Waals surface area contributed by atoms with Crippen molar-refractivity contribution in [3.05, 3.63) is 84.7 Å². The van der Waals surface area contributed by atoms with Crippen molar-refractivity contribution < 1.29 is 19.1 Å². The number of amides is 2. The number of H-pyrrole nitrogens is 2. The molecule has 0 saturated carbocycles. The van der Waals surface area contributed by atoms with Gasteiger partial charge in [-0.2, -0.15) is 0 Å². The first-order valence-electron chi connectivity index (χ1n) is 17.7. The Morgan fingerprint density at radius 2 is 1.48 bits per heavy atom. The number of nitrogens with one attached hydrogen (secondary N) is 4. The first kappa shape index (κ1) is 32.2. The van der Waals surface area contributed by atoms with Crippen molar-refractivity contribution in [2.75, 3.05) is 33.4 Å². The summed E-state index contributed by atoms with van der Waals surface area (Å²) in [4.78, 5) is 44.4. The molecule has 8 rings (SSSR count). The molecule has 3 aliphatic rings. The zero-order valence-electron chi connectivity index (χ0n) is 28.3. The van der Waals surface area contributed by atoms with Crippen LogP contribution in [-0.2, 0) is 14.3 Å². The van der Waals surface area contributed by atoms with Gasteiger partial charge in [-0.3, -0.25) is 4.79 Å². The molecule has 3 atom stereocenters. The van der Waals surface area contributed by atoms with Gasteiger partial charge in [-0.05, 0) is 90.6 Å². The minimum absolute atomic E-state index is 0.00296. The smallest absolute Gasteiger partial charge is 0.407 e. The fraction of sp³-hybridized carbons (Fsp3) is 0.385. The van der Waals surface area contributed by atoms with Gasteiger partial charge in [-0.1, -0.05) is 48.5 Å². The van der Waals surface area contributed by atoms with Crippen LogP contribution in [0.4, 0.5) is 4.79 Å². The molecule has 3 saturated heterocycles. The molecule has 0 bridgehead atoms. The molecule has 3 fully saturated rings. The van der Waals surface area contributed by atoms with Crippen molar-refractivity contribution in [1.82, 2.24) is 35.5 Å². The zero-order valence-corrected chi connectivity index (χ0v) is 28.3. The maximum absolute atomic E-state index is 13.9. The Morgan fingerprint density at radius 3 is 2.22 bits per heavy atom. The lowest BCUT2D eigenvalue weighted by Gasteiger charge is -2.34. The number of methoxy groups -OCH3 is 1. The number of hydrogen-bond acceptors (Lipinski definition) is 7. The number of rotatable bonds is 8. The Kier molecular flexibility index (Phi) is 9.08. The number of ether oxygens (including phenoxy) is 2. The van der Waals surface area contributed by atoms with E-state index in [0.717, 1.165) is 71.1 Å². The minimum atomic E-state index is -0.658. The molecular weight excluding hydrogens is 630 g/mol. The van der Waals surface area contributed by atoms with E-state index in [1.165, 1.54) is 24.3 Å². The van der Waals surface area contributed by atoms with Crippen molar-refractivity contribution in [1.29, 1.82) is 0 Å². The highest BCUT2D eigenvalue weighted by Crippen LogP contribution is 2.35. The summed E-state index contributed by atoms with van der Waals surface area (Å²) in [5.41, 5.74) is 6.38. The lowest BCUT2D eigenvalue weighted by molar-refractivity contribution is -0.136. The molecule has 3 aromatic carbocycles. The number of imidazole rings is 2. The zero-order chi connectivity index (χ0) is 34.0. The van der Waals surface area contributed by atoms with E-state index in [0.29, 0.717) is 38.6 Å². The summed E-state index contributed by atoms with van der Waals surface area (Å²) in [5, 5.41) is 8.69. The average Bonchev–Trinajstić information content (AvgIpc) is 4.01. The number of carbonyl (C=O) groups excluding carboxylic acids is 2. The molecule has 3 unspecified atom stereocenters. The van der Waals surface area contributed by atoms with E-state index in [1.807, 2.05) is 17.3 Å². The van der Waals surface area contributed by atoms with Gasteiger partial charge in [0.2, 0.25) is 5.91 Å². The summed E-state index contributed by atoms with van der Waals surface area (Å²) in [5.74, 6) is 1.68. The van der Waals surface area contributed by atoms with Crippen LogP contribution in [0.2, 0.25) is 0 Å². The number of aromatic nitrogens is 4. The summed E-state index contributed by atoms with van der Waals surface area (Å²) in [6.45, 7) is 2.82. The standard InChI is InChI=1S/C39H43N7O4/c1-49-39(48)45-35(26-14-18-50-19-15-26)38(47)46-17-3-5-34(46)37-42-22-32(44-37)25-8-6-24(7-9-25)27-10-11-29-21-30(13-12-28(29)20-27)33-23-41-36(43-33)31-4-2-16-40-31/h6-13,20-23,26,31,34-35,40H,2-5,14-19H2,1H3,(H,41,43)(H,42,44)(H,45,48). The Balaban J connectivity index is 0.961. The highest BCUT2D eigenvalue weighted by molar-refractivity contribution is 5.90. The monoisotopic (exact) mass is 673 g/mol. The van der Waals surface area contributed by atoms with Gasteiger partial charge in [0.1, 0.15) is 17.7 Å². The third-order valence-corrected chi connectivity index (χ3v) is 10.6. The van der Waals surface area contributed by atoms with Crippen LogP contribution in [0, 0.1) is 5.92 Å². The van der Waals surface area contributed by atoms with Gasteiger partial charge < -0.3 is 35.0 Å². The normalized spacial score (nSPS) is 20.3. The molecule has 2 aromatic heterocycles. The van der Waals surface area contributed by atoms with Crippen LogP contribution in [0.3, 0.4) is 0 Å². The van der Waals surface area contributed by atoms with Crippen molar-refractivity contribution in [2.24, 2.45) is 5.92 Å². The second-order valence-corrected chi connectivity index (χ2v) is 13.6. The van der Waals surface area contributed by atoms with Gasteiger partial charge in [0.05, 0.1) is 43.0 Å². The quantitative estimate of drug-likeness (QED) is 0.147. The van der Waals surface area contributed by atoms with Crippen molar-refractivity contribution in [3.8, 4) is 33.6 Å². The second kappa shape index (κ2) is 14.1. The molecular formula is C39H43N7O4.